The molecule has 4 aliphatic rings. The quantitative estimate of drug-likeness (QED) is 0.184. The minimum atomic E-state index is -0.300. The number of para-hydroxylation sites is 2. The van der Waals surface area contributed by atoms with Gasteiger partial charge in [0.1, 0.15) is 11.2 Å². The minimum Gasteiger partial charge on any atom is -0.455 e. The molecule has 1 aliphatic heterocycles. The number of nitrogens with zero attached hydrogens (tertiary/aromatic N) is 4. The Morgan fingerprint density at radius 2 is 1.26 bits per heavy atom. The van der Waals surface area contributed by atoms with Crippen LogP contribution in [0.5, 0.6) is 0 Å². The number of furan rings is 1. The van der Waals surface area contributed by atoms with E-state index in [1.807, 2.05) is 36.4 Å². The van der Waals surface area contributed by atoms with E-state index < -0.39 is 0 Å². The van der Waals surface area contributed by atoms with Crippen molar-refractivity contribution in [2.24, 2.45) is 0 Å². The average Bonchev–Trinajstić information content (AvgIpc) is 3.64. The molecule has 3 heterocycles. The smallest absolute Gasteiger partial charge is 0.238 e. The third kappa shape index (κ3) is 4.01. The van der Waals surface area contributed by atoms with E-state index in [0.29, 0.717) is 23.5 Å². The molecular formula is C49H32N4O. The zero-order valence-electron chi connectivity index (χ0n) is 29.3. The number of hydrogen-bond acceptors (Lipinski definition) is 5. The van der Waals surface area contributed by atoms with Crippen LogP contribution < -0.4 is 4.90 Å². The highest BCUT2D eigenvalue weighted by atomic mass is 16.3. The molecule has 7 aromatic carbocycles. The van der Waals surface area contributed by atoms with Gasteiger partial charge in [0.2, 0.25) is 5.95 Å². The zero-order chi connectivity index (χ0) is 35.4. The molecule has 2 bridgehead atoms. The van der Waals surface area contributed by atoms with Gasteiger partial charge in [0.25, 0.3) is 0 Å². The van der Waals surface area contributed by atoms with Gasteiger partial charge in [-0.15, -0.1) is 0 Å². The predicted molar refractivity (Wildman–Crippen MR) is 215 cm³/mol. The average molecular weight is 693 g/mol. The van der Waals surface area contributed by atoms with Crippen molar-refractivity contribution in [2.75, 3.05) is 4.90 Å². The van der Waals surface area contributed by atoms with Crippen LogP contribution in [0.15, 0.2) is 168 Å². The van der Waals surface area contributed by atoms with Gasteiger partial charge in [-0.1, -0.05) is 133 Å². The Hall–Kier alpha value is -6.85. The van der Waals surface area contributed by atoms with Gasteiger partial charge < -0.3 is 4.42 Å². The minimum absolute atomic E-state index is 0.300. The summed E-state index contributed by atoms with van der Waals surface area (Å²) in [7, 11) is 0. The molecule has 2 aromatic heterocycles. The van der Waals surface area contributed by atoms with Crippen molar-refractivity contribution in [1.82, 2.24) is 15.0 Å². The molecule has 0 saturated heterocycles. The lowest BCUT2D eigenvalue weighted by molar-refractivity contribution is 0.425. The maximum Gasteiger partial charge on any atom is 0.238 e. The Bertz CT molecular complexity index is 2970. The van der Waals surface area contributed by atoms with Crippen molar-refractivity contribution >= 4 is 39.3 Å². The van der Waals surface area contributed by atoms with Gasteiger partial charge in [-0.25, -0.2) is 4.98 Å². The van der Waals surface area contributed by atoms with Gasteiger partial charge in [0.05, 0.1) is 16.9 Å². The maximum atomic E-state index is 6.54. The summed E-state index contributed by atoms with van der Waals surface area (Å²) < 4.78 is 6.54. The number of aromatic nitrogens is 3. The standard InChI is InChI=1S/C49H32N4O/c1-3-13-30(14-4-1)32-25-26-41-40(29-32)49-28-27-33(34-17-7-9-22-39(34)49)36-19-12-23-42(44(36)49)53(41)48-51-46(31-15-5-2-6-16-31)50-47(52-48)38-21-11-20-37-35-18-8-10-24-43(35)54-45(37)38/h1-26,29,33H,27-28H2. The van der Waals surface area contributed by atoms with E-state index in [1.165, 1.54) is 38.9 Å². The summed E-state index contributed by atoms with van der Waals surface area (Å²) >= 11 is 0. The van der Waals surface area contributed by atoms with Crippen LogP contribution in [0.1, 0.15) is 46.6 Å². The van der Waals surface area contributed by atoms with Crippen LogP contribution in [0.25, 0.3) is 55.8 Å². The third-order valence-electron chi connectivity index (χ3n) is 12.0. The number of fused-ring (bicyclic) bond motifs is 5. The highest BCUT2D eigenvalue weighted by Crippen LogP contribution is 2.66. The summed E-state index contributed by atoms with van der Waals surface area (Å²) in [6, 6.07) is 58.3. The molecule has 13 rings (SSSR count). The SMILES string of the molecule is c1ccc(-c2ccc3c(c2)C24CCC(c5ccccc52)c2cccc(c24)N3c2nc(-c3ccccc3)nc(-c3cccc4c3oc3ccccc34)n2)cc1. The Morgan fingerprint density at radius 3 is 2.15 bits per heavy atom. The molecule has 2 unspecified atom stereocenters. The van der Waals surface area contributed by atoms with Crippen LogP contribution in [0.2, 0.25) is 0 Å². The van der Waals surface area contributed by atoms with E-state index in [0.717, 1.165) is 57.3 Å². The third-order valence-corrected chi connectivity index (χ3v) is 12.0. The summed E-state index contributed by atoms with van der Waals surface area (Å²) in [5.74, 6) is 2.11. The van der Waals surface area contributed by atoms with Gasteiger partial charge in [0.15, 0.2) is 11.6 Å². The first-order valence-electron chi connectivity index (χ1n) is 18.7. The number of rotatable bonds is 4. The van der Waals surface area contributed by atoms with Crippen molar-refractivity contribution < 1.29 is 4.42 Å². The fourth-order valence-electron chi connectivity index (χ4n) is 9.79. The van der Waals surface area contributed by atoms with Crippen LogP contribution in [-0.4, -0.2) is 15.0 Å². The van der Waals surface area contributed by atoms with Gasteiger partial charge in [-0.05, 0) is 82.1 Å². The molecule has 1 spiro atoms. The molecule has 5 nitrogen and oxygen atoms in total. The summed E-state index contributed by atoms with van der Waals surface area (Å²) in [5.41, 5.74) is 14.6. The Balaban J connectivity index is 1.16. The first-order chi connectivity index (χ1) is 26.8. The van der Waals surface area contributed by atoms with Crippen molar-refractivity contribution in [1.29, 1.82) is 0 Å². The topological polar surface area (TPSA) is 55.1 Å². The molecule has 54 heavy (non-hydrogen) atoms. The first-order valence-corrected chi connectivity index (χ1v) is 18.7. The number of benzene rings is 7. The summed E-state index contributed by atoms with van der Waals surface area (Å²) in [4.78, 5) is 18.2. The Morgan fingerprint density at radius 1 is 0.537 bits per heavy atom. The van der Waals surface area contributed by atoms with Crippen LogP contribution in [0, 0.1) is 0 Å². The maximum absolute atomic E-state index is 6.54. The number of hydrogen-bond donors (Lipinski definition) is 0. The Labute approximate surface area is 312 Å². The summed E-state index contributed by atoms with van der Waals surface area (Å²) in [6.07, 6.45) is 2.15. The molecular weight excluding hydrogens is 661 g/mol. The van der Waals surface area contributed by atoms with Crippen molar-refractivity contribution in [3.63, 3.8) is 0 Å². The van der Waals surface area contributed by atoms with Crippen molar-refractivity contribution in [3.8, 4) is 33.9 Å². The molecule has 5 heteroatoms. The largest absolute Gasteiger partial charge is 0.455 e. The second-order valence-corrected chi connectivity index (χ2v) is 14.7. The van der Waals surface area contributed by atoms with E-state index in [-0.39, 0.29) is 5.41 Å². The highest BCUT2D eigenvalue weighted by molar-refractivity contribution is 6.09. The van der Waals surface area contributed by atoms with Crippen LogP contribution in [0.4, 0.5) is 17.3 Å². The van der Waals surface area contributed by atoms with E-state index >= 15 is 0 Å². The lowest BCUT2D eigenvalue weighted by Crippen LogP contribution is -2.45. The van der Waals surface area contributed by atoms with Crippen LogP contribution >= 0.6 is 0 Å². The van der Waals surface area contributed by atoms with Crippen molar-refractivity contribution in [3.05, 3.63) is 192 Å². The first kappa shape index (κ1) is 29.7. The van der Waals surface area contributed by atoms with Gasteiger partial charge >= 0.3 is 0 Å². The Kier molecular flexibility index (Phi) is 6.09. The number of anilines is 3. The lowest BCUT2D eigenvalue weighted by atomic mass is 9.51. The molecule has 0 N–H and O–H groups in total. The molecule has 0 saturated carbocycles. The summed E-state index contributed by atoms with van der Waals surface area (Å²) in [6.45, 7) is 0. The molecule has 0 radical (unpaired) electrons. The lowest BCUT2D eigenvalue weighted by Gasteiger charge is -2.54. The van der Waals surface area contributed by atoms with Crippen LogP contribution in [-0.2, 0) is 5.41 Å². The summed E-state index contributed by atoms with van der Waals surface area (Å²) in [5, 5.41) is 2.11. The van der Waals surface area contributed by atoms with Gasteiger partial charge in [-0.3, -0.25) is 4.90 Å². The second-order valence-electron chi connectivity index (χ2n) is 14.7. The van der Waals surface area contributed by atoms with Crippen LogP contribution in [0.3, 0.4) is 0 Å². The molecule has 0 fully saturated rings. The fraction of sp³-hybridized carbons (Fsp3) is 0.0816. The molecule has 3 aliphatic carbocycles. The predicted octanol–water partition coefficient (Wildman–Crippen LogP) is 12.1. The monoisotopic (exact) mass is 692 g/mol. The van der Waals surface area contributed by atoms with E-state index in [2.05, 4.69) is 132 Å². The van der Waals surface area contributed by atoms with E-state index in [1.54, 1.807) is 0 Å². The molecule has 0 amide bonds. The van der Waals surface area contributed by atoms with Gasteiger partial charge in [0, 0.05) is 27.7 Å². The highest BCUT2D eigenvalue weighted by Gasteiger charge is 2.54. The normalized spacial score (nSPS) is 17.7. The second kappa shape index (κ2) is 11.1. The van der Waals surface area contributed by atoms with Gasteiger partial charge in [-0.2, -0.15) is 9.97 Å². The molecule has 9 aromatic rings. The fourth-order valence-corrected chi connectivity index (χ4v) is 9.79. The van der Waals surface area contributed by atoms with Crippen molar-refractivity contribution in [2.45, 2.75) is 24.2 Å². The molecule has 2 atom stereocenters. The van der Waals surface area contributed by atoms with E-state index in [9.17, 15) is 0 Å². The van der Waals surface area contributed by atoms with E-state index in [4.69, 9.17) is 19.4 Å². The zero-order valence-corrected chi connectivity index (χ0v) is 29.3. The molecule has 254 valence electrons.